The second-order valence-electron chi connectivity index (χ2n) is 7.59. The Balaban J connectivity index is 1.58. The maximum Gasteiger partial charge on any atom is 0.264 e. The van der Waals surface area contributed by atoms with E-state index in [9.17, 15) is 4.79 Å². The molecule has 3 heterocycles. The molecule has 5 rings (SSSR count). The lowest BCUT2D eigenvalue weighted by molar-refractivity contribution is 0.0670. The first kappa shape index (κ1) is 19.0. The summed E-state index contributed by atoms with van der Waals surface area (Å²) in [6.45, 7) is 3.06. The summed E-state index contributed by atoms with van der Waals surface area (Å²) in [5, 5.41) is 15.3. The van der Waals surface area contributed by atoms with Crippen molar-refractivity contribution in [2.75, 3.05) is 6.61 Å². The third-order valence-electron chi connectivity index (χ3n) is 5.72. The van der Waals surface area contributed by atoms with Crippen LogP contribution in [0.3, 0.4) is 0 Å². The number of tetrazole rings is 1. The van der Waals surface area contributed by atoms with E-state index in [4.69, 9.17) is 4.74 Å². The van der Waals surface area contributed by atoms with Crippen LogP contribution in [0.25, 0.3) is 16.6 Å². The Hall–Kier alpha value is -3.00. The van der Waals surface area contributed by atoms with Gasteiger partial charge in [0.25, 0.3) is 5.91 Å². The highest BCUT2D eigenvalue weighted by atomic mass is 32.1. The Bertz CT molecular complexity index is 1180. The lowest BCUT2D eigenvalue weighted by Crippen LogP contribution is -2.38. The quantitative estimate of drug-likeness (QED) is 0.464. The minimum Gasteiger partial charge on any atom is -0.494 e. The average Bonchev–Trinajstić information content (AvgIpc) is 3.53. The Labute approximate surface area is 178 Å². The van der Waals surface area contributed by atoms with Crippen LogP contribution < -0.4 is 4.74 Å². The van der Waals surface area contributed by atoms with Gasteiger partial charge in [-0.2, -0.15) is 4.52 Å². The lowest BCUT2D eigenvalue weighted by Gasteiger charge is -2.29. The molecule has 3 aromatic heterocycles. The molecule has 1 saturated carbocycles. The molecule has 0 spiro atoms. The highest BCUT2D eigenvalue weighted by Gasteiger charge is 2.29. The summed E-state index contributed by atoms with van der Waals surface area (Å²) in [4.78, 5) is 16.1. The molecule has 1 aliphatic rings. The molecule has 1 aliphatic carbocycles. The van der Waals surface area contributed by atoms with Crippen LogP contribution in [0.2, 0.25) is 0 Å². The number of nitrogens with zero attached hydrogens (tertiary/aromatic N) is 5. The van der Waals surface area contributed by atoms with Gasteiger partial charge < -0.3 is 9.64 Å². The predicted molar refractivity (Wildman–Crippen MR) is 116 cm³/mol. The SMILES string of the molecule is CCOc1ccc2c(c1)cc(CN(C(=O)c1cccs1)C1CCCC1)c1nnnn12. The van der Waals surface area contributed by atoms with Gasteiger partial charge in [-0.15, -0.1) is 16.4 Å². The number of aromatic nitrogens is 4. The Morgan fingerprint density at radius 1 is 1.27 bits per heavy atom. The summed E-state index contributed by atoms with van der Waals surface area (Å²) in [5.74, 6) is 0.899. The zero-order chi connectivity index (χ0) is 20.5. The van der Waals surface area contributed by atoms with Gasteiger partial charge in [0.15, 0.2) is 5.65 Å². The van der Waals surface area contributed by atoms with Crippen molar-refractivity contribution in [3.05, 3.63) is 52.2 Å². The number of pyridine rings is 1. The fourth-order valence-electron chi connectivity index (χ4n) is 4.32. The first-order valence-electron chi connectivity index (χ1n) is 10.4. The summed E-state index contributed by atoms with van der Waals surface area (Å²) < 4.78 is 7.43. The molecule has 4 aromatic rings. The first-order valence-corrected chi connectivity index (χ1v) is 11.2. The molecule has 0 bridgehead atoms. The molecule has 0 unspecified atom stereocenters. The molecule has 1 aromatic carbocycles. The van der Waals surface area contributed by atoms with Crippen molar-refractivity contribution in [1.82, 2.24) is 24.9 Å². The van der Waals surface area contributed by atoms with E-state index in [2.05, 4.69) is 21.6 Å². The number of ether oxygens (including phenoxy) is 1. The van der Waals surface area contributed by atoms with Gasteiger partial charge in [0.2, 0.25) is 0 Å². The average molecular weight is 422 g/mol. The van der Waals surface area contributed by atoms with E-state index in [0.717, 1.165) is 52.8 Å². The van der Waals surface area contributed by atoms with E-state index < -0.39 is 0 Å². The molecule has 0 saturated heterocycles. The molecule has 7 nitrogen and oxygen atoms in total. The molecule has 30 heavy (non-hydrogen) atoms. The number of carbonyl (C=O) groups is 1. The largest absolute Gasteiger partial charge is 0.494 e. The number of amides is 1. The zero-order valence-electron chi connectivity index (χ0n) is 16.8. The van der Waals surface area contributed by atoms with Gasteiger partial charge in [-0.3, -0.25) is 4.79 Å². The van der Waals surface area contributed by atoms with Crippen LogP contribution in [0.15, 0.2) is 41.8 Å². The van der Waals surface area contributed by atoms with Crippen molar-refractivity contribution < 1.29 is 9.53 Å². The maximum atomic E-state index is 13.3. The van der Waals surface area contributed by atoms with Gasteiger partial charge in [-0.05, 0) is 65.9 Å². The molecule has 154 valence electrons. The van der Waals surface area contributed by atoms with Crippen molar-refractivity contribution in [3.63, 3.8) is 0 Å². The number of rotatable bonds is 6. The van der Waals surface area contributed by atoms with E-state index in [1.807, 2.05) is 47.5 Å². The summed E-state index contributed by atoms with van der Waals surface area (Å²) in [7, 11) is 0. The molecular weight excluding hydrogens is 398 g/mol. The van der Waals surface area contributed by atoms with Crippen LogP contribution in [0.4, 0.5) is 0 Å². The number of carbonyl (C=O) groups excluding carboxylic acids is 1. The van der Waals surface area contributed by atoms with E-state index in [1.165, 1.54) is 11.3 Å². The van der Waals surface area contributed by atoms with Gasteiger partial charge in [0.1, 0.15) is 5.75 Å². The Morgan fingerprint density at radius 3 is 2.90 bits per heavy atom. The lowest BCUT2D eigenvalue weighted by atomic mass is 10.1. The molecular formula is C22H23N5O2S. The molecule has 1 fully saturated rings. The maximum absolute atomic E-state index is 13.3. The van der Waals surface area contributed by atoms with Crippen molar-refractivity contribution in [2.24, 2.45) is 0 Å². The number of hydrogen-bond donors (Lipinski definition) is 0. The molecule has 0 N–H and O–H groups in total. The number of benzene rings is 1. The van der Waals surface area contributed by atoms with E-state index in [0.29, 0.717) is 18.8 Å². The topological polar surface area (TPSA) is 72.6 Å². The number of fused-ring (bicyclic) bond motifs is 3. The second-order valence-corrected chi connectivity index (χ2v) is 8.53. The third kappa shape index (κ3) is 3.41. The summed E-state index contributed by atoms with van der Waals surface area (Å²) in [6.07, 6.45) is 4.41. The number of hydrogen-bond acceptors (Lipinski definition) is 6. The van der Waals surface area contributed by atoms with Gasteiger partial charge in [-0.25, -0.2) is 0 Å². The van der Waals surface area contributed by atoms with Crippen molar-refractivity contribution in [1.29, 1.82) is 0 Å². The minimum absolute atomic E-state index is 0.0886. The predicted octanol–water partition coefficient (Wildman–Crippen LogP) is 4.32. The van der Waals surface area contributed by atoms with Crippen LogP contribution in [-0.4, -0.2) is 43.5 Å². The van der Waals surface area contributed by atoms with Crippen LogP contribution in [0.5, 0.6) is 5.75 Å². The highest BCUT2D eigenvalue weighted by Crippen LogP contribution is 2.30. The molecule has 0 radical (unpaired) electrons. The van der Waals surface area contributed by atoms with E-state index >= 15 is 0 Å². The highest BCUT2D eigenvalue weighted by molar-refractivity contribution is 7.12. The van der Waals surface area contributed by atoms with Gasteiger partial charge in [0, 0.05) is 17.0 Å². The standard InChI is InChI=1S/C22H23N5O2S/c1-2-29-18-9-10-19-15(13-18)12-16(21-23-24-25-27(19)21)14-26(17-6-3-4-7-17)22(28)20-8-5-11-30-20/h5,8-13,17H,2-4,6-7,14H2,1H3. The van der Waals surface area contributed by atoms with Gasteiger partial charge in [-0.1, -0.05) is 18.9 Å². The fraction of sp³-hybridized carbons (Fsp3) is 0.364. The van der Waals surface area contributed by atoms with E-state index in [1.54, 1.807) is 4.52 Å². The third-order valence-corrected chi connectivity index (χ3v) is 6.58. The van der Waals surface area contributed by atoms with Crippen LogP contribution >= 0.6 is 11.3 Å². The van der Waals surface area contributed by atoms with Crippen LogP contribution in [-0.2, 0) is 6.54 Å². The minimum atomic E-state index is 0.0886. The van der Waals surface area contributed by atoms with Crippen molar-refractivity contribution in [2.45, 2.75) is 45.2 Å². The normalized spacial score (nSPS) is 14.6. The van der Waals surface area contributed by atoms with Crippen molar-refractivity contribution in [3.8, 4) is 5.75 Å². The first-order chi connectivity index (χ1) is 14.7. The van der Waals surface area contributed by atoms with Gasteiger partial charge in [0.05, 0.1) is 23.5 Å². The van der Waals surface area contributed by atoms with Crippen LogP contribution in [0.1, 0.15) is 47.8 Å². The second kappa shape index (κ2) is 8.02. The Morgan fingerprint density at radius 2 is 2.13 bits per heavy atom. The summed E-state index contributed by atoms with van der Waals surface area (Å²) in [6, 6.07) is 12.1. The van der Waals surface area contributed by atoms with Crippen molar-refractivity contribution >= 4 is 33.8 Å². The summed E-state index contributed by atoms with van der Waals surface area (Å²) in [5.41, 5.74) is 2.55. The monoisotopic (exact) mass is 421 g/mol. The zero-order valence-corrected chi connectivity index (χ0v) is 17.6. The molecule has 0 atom stereocenters. The van der Waals surface area contributed by atoms with Crippen LogP contribution in [0, 0.1) is 0 Å². The Kier molecular flexibility index (Phi) is 5.08. The summed E-state index contributed by atoms with van der Waals surface area (Å²) >= 11 is 1.49. The van der Waals surface area contributed by atoms with E-state index in [-0.39, 0.29) is 11.9 Å². The molecule has 8 heteroatoms. The molecule has 0 aliphatic heterocycles. The smallest absolute Gasteiger partial charge is 0.264 e. The van der Waals surface area contributed by atoms with Gasteiger partial charge >= 0.3 is 0 Å². The number of thiophene rings is 1. The molecule has 1 amide bonds. The fourth-order valence-corrected chi connectivity index (χ4v) is 5.00.